The van der Waals surface area contributed by atoms with Crippen molar-refractivity contribution in [2.45, 2.75) is 69.9 Å². The summed E-state index contributed by atoms with van der Waals surface area (Å²) in [6.07, 6.45) is 11.7. The summed E-state index contributed by atoms with van der Waals surface area (Å²) in [6.45, 7) is 1.71. The molecular formula is C14H28IN3O. The van der Waals surface area contributed by atoms with Gasteiger partial charge in [0, 0.05) is 19.2 Å². The Labute approximate surface area is 134 Å². The summed E-state index contributed by atoms with van der Waals surface area (Å²) < 4.78 is 5.57. The predicted molar refractivity (Wildman–Crippen MR) is 90.1 cm³/mol. The summed E-state index contributed by atoms with van der Waals surface area (Å²) in [5.74, 6) is 0.625. The standard InChI is InChI=1S/C14H27N3O.HI/c15-14(16-10-9-13-8-5-11-18-13)17-12-6-3-1-2-4-7-12;/h12-13H,1-11H2,(H3,15,16,17);1H. The van der Waals surface area contributed by atoms with Gasteiger partial charge in [0.2, 0.25) is 0 Å². The molecule has 1 saturated carbocycles. The zero-order valence-corrected chi connectivity index (χ0v) is 14.1. The fraction of sp³-hybridized carbons (Fsp3) is 0.929. The smallest absolute Gasteiger partial charge is 0.188 e. The molecule has 0 aromatic heterocycles. The van der Waals surface area contributed by atoms with Crippen LogP contribution in [0.2, 0.25) is 0 Å². The third-order valence-corrected chi connectivity index (χ3v) is 3.96. The monoisotopic (exact) mass is 381 g/mol. The van der Waals surface area contributed by atoms with Gasteiger partial charge in [-0.15, -0.1) is 24.0 Å². The number of guanidine groups is 1. The van der Waals surface area contributed by atoms with Crippen LogP contribution in [0.4, 0.5) is 0 Å². The van der Waals surface area contributed by atoms with E-state index in [0.717, 1.165) is 19.6 Å². The molecule has 0 aromatic carbocycles. The molecule has 1 unspecified atom stereocenters. The molecule has 0 radical (unpaired) electrons. The maximum Gasteiger partial charge on any atom is 0.188 e. The molecule has 3 N–H and O–H groups in total. The number of aliphatic imine (C=N–C) groups is 1. The summed E-state index contributed by atoms with van der Waals surface area (Å²) in [5, 5.41) is 3.37. The first-order valence-electron chi connectivity index (χ1n) is 7.52. The molecule has 1 aliphatic carbocycles. The fourth-order valence-electron chi connectivity index (χ4n) is 2.88. The Kier molecular flexibility index (Phi) is 8.77. The van der Waals surface area contributed by atoms with Crippen molar-refractivity contribution in [3.8, 4) is 0 Å². The number of rotatable bonds is 4. The molecule has 1 heterocycles. The molecule has 19 heavy (non-hydrogen) atoms. The number of hydrogen-bond donors (Lipinski definition) is 2. The molecule has 0 spiro atoms. The van der Waals surface area contributed by atoms with E-state index in [-0.39, 0.29) is 24.0 Å². The number of hydrogen-bond acceptors (Lipinski definition) is 2. The van der Waals surface area contributed by atoms with Crippen LogP contribution in [-0.2, 0) is 4.74 Å². The van der Waals surface area contributed by atoms with Gasteiger partial charge in [-0.2, -0.15) is 0 Å². The van der Waals surface area contributed by atoms with Crippen molar-refractivity contribution in [1.82, 2.24) is 5.32 Å². The molecule has 1 saturated heterocycles. The van der Waals surface area contributed by atoms with Gasteiger partial charge >= 0.3 is 0 Å². The minimum atomic E-state index is 0. The van der Waals surface area contributed by atoms with Crippen molar-refractivity contribution in [2.24, 2.45) is 10.7 Å². The largest absolute Gasteiger partial charge is 0.378 e. The molecule has 2 aliphatic rings. The van der Waals surface area contributed by atoms with Crippen LogP contribution in [0.3, 0.4) is 0 Å². The Bertz CT molecular complexity index is 259. The quantitative estimate of drug-likeness (QED) is 0.341. The van der Waals surface area contributed by atoms with Gasteiger partial charge < -0.3 is 15.8 Å². The van der Waals surface area contributed by atoms with E-state index in [2.05, 4.69) is 10.3 Å². The highest BCUT2D eigenvalue weighted by Crippen LogP contribution is 2.17. The summed E-state index contributed by atoms with van der Waals surface area (Å²) in [5.41, 5.74) is 5.94. The number of nitrogens with zero attached hydrogens (tertiary/aromatic N) is 1. The second-order valence-electron chi connectivity index (χ2n) is 5.52. The van der Waals surface area contributed by atoms with Gasteiger partial charge in [-0.05, 0) is 32.1 Å². The Morgan fingerprint density at radius 3 is 2.47 bits per heavy atom. The second-order valence-corrected chi connectivity index (χ2v) is 5.52. The highest BCUT2D eigenvalue weighted by Gasteiger charge is 2.15. The van der Waals surface area contributed by atoms with Crippen molar-refractivity contribution >= 4 is 29.9 Å². The van der Waals surface area contributed by atoms with E-state index in [4.69, 9.17) is 10.5 Å². The van der Waals surface area contributed by atoms with Gasteiger partial charge in [-0.25, -0.2) is 0 Å². The Balaban J connectivity index is 0.00000180. The number of nitrogens with two attached hydrogens (primary N) is 1. The van der Waals surface area contributed by atoms with Crippen LogP contribution in [0.5, 0.6) is 0 Å². The zero-order chi connectivity index (χ0) is 12.6. The number of nitrogens with one attached hydrogen (secondary N) is 1. The second kappa shape index (κ2) is 9.80. The summed E-state index contributed by atoms with van der Waals surface area (Å²) in [4.78, 5) is 4.42. The number of ether oxygens (including phenoxy) is 1. The van der Waals surface area contributed by atoms with Crippen molar-refractivity contribution in [3.63, 3.8) is 0 Å². The minimum Gasteiger partial charge on any atom is -0.378 e. The van der Waals surface area contributed by atoms with Crippen LogP contribution in [-0.4, -0.2) is 31.3 Å². The summed E-state index contributed by atoms with van der Waals surface area (Å²) >= 11 is 0. The lowest BCUT2D eigenvalue weighted by molar-refractivity contribution is 0.106. The van der Waals surface area contributed by atoms with E-state index in [0.29, 0.717) is 18.1 Å². The topological polar surface area (TPSA) is 59.6 Å². The maximum absolute atomic E-state index is 5.94. The van der Waals surface area contributed by atoms with Crippen molar-refractivity contribution < 1.29 is 4.74 Å². The van der Waals surface area contributed by atoms with E-state index in [9.17, 15) is 0 Å². The lowest BCUT2D eigenvalue weighted by Gasteiger charge is -2.16. The van der Waals surface area contributed by atoms with Crippen molar-refractivity contribution in [2.75, 3.05) is 13.2 Å². The van der Waals surface area contributed by atoms with Gasteiger partial charge in [0.05, 0.1) is 6.10 Å². The number of halogens is 1. The maximum atomic E-state index is 5.94. The summed E-state index contributed by atoms with van der Waals surface area (Å²) in [6, 6.07) is 0.541. The summed E-state index contributed by atoms with van der Waals surface area (Å²) in [7, 11) is 0. The SMILES string of the molecule is I.NC(=NCCC1CCCO1)NC1CCCCCC1. The van der Waals surface area contributed by atoms with Crippen molar-refractivity contribution in [1.29, 1.82) is 0 Å². The highest BCUT2D eigenvalue weighted by molar-refractivity contribution is 14.0. The Hall–Kier alpha value is -0.0400. The van der Waals surface area contributed by atoms with E-state index in [1.165, 1.54) is 51.4 Å². The molecular weight excluding hydrogens is 353 g/mol. The molecule has 4 nitrogen and oxygen atoms in total. The molecule has 1 aliphatic heterocycles. The Morgan fingerprint density at radius 2 is 1.84 bits per heavy atom. The third kappa shape index (κ3) is 6.79. The van der Waals surface area contributed by atoms with Gasteiger partial charge in [0.25, 0.3) is 0 Å². The van der Waals surface area contributed by atoms with Crippen LogP contribution in [0.15, 0.2) is 4.99 Å². The first-order valence-corrected chi connectivity index (χ1v) is 7.52. The van der Waals surface area contributed by atoms with E-state index in [1.807, 2.05) is 0 Å². The predicted octanol–water partition coefficient (Wildman–Crippen LogP) is 2.80. The average molecular weight is 381 g/mol. The van der Waals surface area contributed by atoms with Gasteiger partial charge in [0.1, 0.15) is 0 Å². The van der Waals surface area contributed by atoms with Gasteiger partial charge in [0.15, 0.2) is 5.96 Å². The first kappa shape index (κ1) is 17.0. The molecule has 2 fully saturated rings. The van der Waals surface area contributed by atoms with Crippen LogP contribution in [0.25, 0.3) is 0 Å². The van der Waals surface area contributed by atoms with Crippen molar-refractivity contribution in [3.05, 3.63) is 0 Å². The molecule has 5 heteroatoms. The molecule has 1 atom stereocenters. The molecule has 2 rings (SSSR count). The lowest BCUT2D eigenvalue weighted by atomic mass is 10.1. The van der Waals surface area contributed by atoms with E-state index >= 15 is 0 Å². The lowest BCUT2D eigenvalue weighted by Crippen LogP contribution is -2.40. The van der Waals surface area contributed by atoms with Crippen LogP contribution in [0, 0.1) is 0 Å². The molecule has 0 amide bonds. The van der Waals surface area contributed by atoms with Gasteiger partial charge in [-0.3, -0.25) is 4.99 Å². The van der Waals surface area contributed by atoms with E-state index in [1.54, 1.807) is 0 Å². The fourth-order valence-corrected chi connectivity index (χ4v) is 2.88. The third-order valence-electron chi connectivity index (χ3n) is 3.96. The van der Waals surface area contributed by atoms with Crippen LogP contribution < -0.4 is 11.1 Å². The van der Waals surface area contributed by atoms with E-state index < -0.39 is 0 Å². The normalized spacial score (nSPS) is 25.7. The van der Waals surface area contributed by atoms with Crippen LogP contribution >= 0.6 is 24.0 Å². The molecule has 112 valence electrons. The van der Waals surface area contributed by atoms with Crippen LogP contribution in [0.1, 0.15) is 57.8 Å². The molecule has 0 bridgehead atoms. The van der Waals surface area contributed by atoms with Gasteiger partial charge in [-0.1, -0.05) is 25.7 Å². The first-order chi connectivity index (χ1) is 8.84. The zero-order valence-electron chi connectivity index (χ0n) is 11.8. The molecule has 0 aromatic rings. The average Bonchev–Trinajstić information content (AvgIpc) is 2.74. The highest BCUT2D eigenvalue weighted by atomic mass is 127. The Morgan fingerprint density at radius 1 is 1.11 bits per heavy atom. The minimum absolute atomic E-state index is 0.